The van der Waals surface area contributed by atoms with Gasteiger partial charge in [0, 0.05) is 25.2 Å². The summed E-state index contributed by atoms with van der Waals surface area (Å²) in [6, 6.07) is 7.61. The van der Waals surface area contributed by atoms with Crippen molar-refractivity contribution in [2.24, 2.45) is 5.92 Å². The summed E-state index contributed by atoms with van der Waals surface area (Å²) in [4.78, 5) is 44.5. The Morgan fingerprint density at radius 3 is 2.58 bits per heavy atom. The summed E-state index contributed by atoms with van der Waals surface area (Å²) in [5.74, 6) is -0.0332. The molecular formula is C20H21N5O5S. The van der Waals surface area contributed by atoms with E-state index in [1.165, 1.54) is 22.5 Å². The molecule has 162 valence electrons. The van der Waals surface area contributed by atoms with Crippen LogP contribution < -0.4 is 16.6 Å². The van der Waals surface area contributed by atoms with Gasteiger partial charge in [-0.05, 0) is 55.7 Å². The number of pyridine rings is 1. The summed E-state index contributed by atoms with van der Waals surface area (Å²) in [5, 5.41) is 2.87. The van der Waals surface area contributed by atoms with Crippen LogP contribution in [0.25, 0.3) is 10.9 Å². The molecule has 0 bridgehead atoms. The Labute approximate surface area is 177 Å². The first-order valence-electron chi connectivity index (χ1n) is 9.74. The zero-order valence-electron chi connectivity index (χ0n) is 16.7. The molecule has 1 aromatic carbocycles. The highest BCUT2D eigenvalue weighted by Gasteiger charge is 2.32. The van der Waals surface area contributed by atoms with Crippen LogP contribution in [0.15, 0.2) is 51.0 Å². The smallest absolute Gasteiger partial charge is 0.310 e. The van der Waals surface area contributed by atoms with E-state index in [0.29, 0.717) is 18.7 Å². The number of aromatic nitrogens is 3. The molecule has 0 saturated carbocycles. The quantitative estimate of drug-likeness (QED) is 0.548. The molecular weight excluding hydrogens is 422 g/mol. The third kappa shape index (κ3) is 4.28. The molecule has 3 aromatic rings. The Morgan fingerprint density at radius 2 is 1.87 bits per heavy atom. The van der Waals surface area contributed by atoms with Crippen molar-refractivity contribution in [3.8, 4) is 0 Å². The van der Waals surface area contributed by atoms with Gasteiger partial charge >= 0.3 is 5.69 Å². The molecule has 4 rings (SSSR count). The standard InChI is InChI=1S/C20H21N5O5S/c1-12-4-7-21-17(10-12)23-18(26)13-5-8-25(9-6-13)31(29,30)14-2-3-16-15(11-14)19(27)24-20(28)22-16/h2-4,7,10-11,13H,5-6,8-9H2,1H3,(H,21,23,26)(H2,22,24,27,28). The molecule has 1 aliphatic heterocycles. The second-order valence-electron chi connectivity index (χ2n) is 7.50. The molecule has 0 aliphatic carbocycles. The summed E-state index contributed by atoms with van der Waals surface area (Å²) in [6.45, 7) is 2.27. The van der Waals surface area contributed by atoms with Crippen LogP contribution in [-0.2, 0) is 14.8 Å². The fourth-order valence-corrected chi connectivity index (χ4v) is 5.14. The fourth-order valence-electron chi connectivity index (χ4n) is 3.64. The maximum absolute atomic E-state index is 13.0. The number of carbonyl (C=O) groups excluding carboxylic acids is 1. The second kappa shape index (κ2) is 8.08. The van der Waals surface area contributed by atoms with Gasteiger partial charge in [-0.3, -0.25) is 14.6 Å². The Kier molecular flexibility index (Phi) is 5.46. The first-order chi connectivity index (χ1) is 14.7. The van der Waals surface area contributed by atoms with E-state index in [1.54, 1.807) is 12.3 Å². The van der Waals surface area contributed by atoms with Gasteiger partial charge < -0.3 is 10.3 Å². The van der Waals surface area contributed by atoms with E-state index < -0.39 is 21.3 Å². The van der Waals surface area contributed by atoms with Crippen LogP contribution in [-0.4, -0.2) is 46.7 Å². The van der Waals surface area contributed by atoms with Crippen LogP contribution in [0.3, 0.4) is 0 Å². The van der Waals surface area contributed by atoms with Crippen molar-refractivity contribution in [2.45, 2.75) is 24.7 Å². The van der Waals surface area contributed by atoms with E-state index in [2.05, 4.69) is 20.3 Å². The number of H-pyrrole nitrogens is 2. The highest BCUT2D eigenvalue weighted by atomic mass is 32.2. The zero-order valence-corrected chi connectivity index (χ0v) is 17.5. The lowest BCUT2D eigenvalue weighted by atomic mass is 9.97. The van der Waals surface area contributed by atoms with Crippen molar-refractivity contribution >= 4 is 32.7 Å². The average Bonchev–Trinajstić information content (AvgIpc) is 2.73. The molecule has 2 aromatic heterocycles. The number of hydrogen-bond acceptors (Lipinski definition) is 6. The van der Waals surface area contributed by atoms with Crippen LogP contribution in [0.5, 0.6) is 0 Å². The number of anilines is 1. The van der Waals surface area contributed by atoms with Gasteiger partial charge in [-0.1, -0.05) is 0 Å². The van der Waals surface area contributed by atoms with Crippen molar-refractivity contribution in [1.29, 1.82) is 0 Å². The minimum atomic E-state index is -3.85. The third-order valence-electron chi connectivity index (χ3n) is 5.34. The Hall–Kier alpha value is -3.31. The van der Waals surface area contributed by atoms with E-state index in [0.717, 1.165) is 5.56 Å². The Balaban J connectivity index is 1.47. The van der Waals surface area contributed by atoms with Crippen molar-refractivity contribution in [2.75, 3.05) is 18.4 Å². The normalized spacial score (nSPS) is 15.8. The van der Waals surface area contributed by atoms with Gasteiger partial charge in [0.05, 0.1) is 15.8 Å². The number of nitrogens with zero attached hydrogens (tertiary/aromatic N) is 2. The van der Waals surface area contributed by atoms with Gasteiger partial charge in [0.1, 0.15) is 5.82 Å². The summed E-state index contributed by atoms with van der Waals surface area (Å²) in [5.41, 5.74) is -0.0809. The van der Waals surface area contributed by atoms with Crippen LogP contribution in [0, 0.1) is 12.8 Å². The number of carbonyl (C=O) groups is 1. The van der Waals surface area contributed by atoms with Gasteiger partial charge in [-0.25, -0.2) is 18.2 Å². The molecule has 1 fully saturated rings. The summed E-state index contributed by atoms with van der Waals surface area (Å²) in [7, 11) is -3.85. The largest absolute Gasteiger partial charge is 0.326 e. The number of rotatable bonds is 4. The summed E-state index contributed by atoms with van der Waals surface area (Å²) < 4.78 is 27.4. The number of sulfonamides is 1. The molecule has 1 saturated heterocycles. The van der Waals surface area contributed by atoms with Crippen LogP contribution >= 0.6 is 0 Å². The van der Waals surface area contributed by atoms with E-state index in [-0.39, 0.29) is 40.7 Å². The minimum Gasteiger partial charge on any atom is -0.310 e. The van der Waals surface area contributed by atoms with Crippen molar-refractivity contribution < 1.29 is 13.2 Å². The lowest BCUT2D eigenvalue weighted by Gasteiger charge is -2.30. The lowest BCUT2D eigenvalue weighted by Crippen LogP contribution is -2.41. The first-order valence-corrected chi connectivity index (χ1v) is 11.2. The highest BCUT2D eigenvalue weighted by molar-refractivity contribution is 7.89. The molecule has 0 spiro atoms. The molecule has 3 heterocycles. The molecule has 1 aliphatic rings. The number of nitrogens with one attached hydrogen (secondary N) is 3. The van der Waals surface area contributed by atoms with E-state index >= 15 is 0 Å². The summed E-state index contributed by atoms with van der Waals surface area (Å²) in [6.07, 6.45) is 2.36. The molecule has 1 amide bonds. The van der Waals surface area contributed by atoms with Gasteiger partial charge in [0.15, 0.2) is 0 Å². The molecule has 11 heteroatoms. The van der Waals surface area contributed by atoms with Gasteiger partial charge in [0.25, 0.3) is 5.56 Å². The summed E-state index contributed by atoms with van der Waals surface area (Å²) >= 11 is 0. The maximum Gasteiger partial charge on any atom is 0.326 e. The lowest BCUT2D eigenvalue weighted by molar-refractivity contribution is -0.120. The number of hydrogen-bond donors (Lipinski definition) is 3. The number of fused-ring (bicyclic) bond motifs is 1. The zero-order chi connectivity index (χ0) is 22.2. The molecule has 31 heavy (non-hydrogen) atoms. The van der Waals surface area contributed by atoms with Crippen LogP contribution in [0.2, 0.25) is 0 Å². The topological polar surface area (TPSA) is 145 Å². The van der Waals surface area contributed by atoms with E-state index in [1.807, 2.05) is 13.0 Å². The minimum absolute atomic E-state index is 0.0376. The predicted octanol–water partition coefficient (Wildman–Crippen LogP) is 0.959. The van der Waals surface area contributed by atoms with Crippen LogP contribution in [0.4, 0.5) is 5.82 Å². The van der Waals surface area contributed by atoms with Gasteiger partial charge in [0.2, 0.25) is 15.9 Å². The molecule has 3 N–H and O–H groups in total. The predicted molar refractivity (Wildman–Crippen MR) is 114 cm³/mol. The first kappa shape index (κ1) is 20.9. The fraction of sp³-hybridized carbons (Fsp3) is 0.300. The van der Waals surface area contributed by atoms with Crippen molar-refractivity contribution in [3.63, 3.8) is 0 Å². The monoisotopic (exact) mass is 443 g/mol. The van der Waals surface area contributed by atoms with Crippen molar-refractivity contribution in [3.05, 3.63) is 62.9 Å². The SMILES string of the molecule is Cc1ccnc(NC(=O)C2CCN(S(=O)(=O)c3ccc4[nH]c(=O)[nH]c(=O)c4c3)CC2)c1. The average molecular weight is 443 g/mol. The van der Waals surface area contributed by atoms with Crippen molar-refractivity contribution in [1.82, 2.24) is 19.3 Å². The third-order valence-corrected chi connectivity index (χ3v) is 7.23. The van der Waals surface area contributed by atoms with E-state index in [9.17, 15) is 22.8 Å². The Morgan fingerprint density at radius 1 is 1.13 bits per heavy atom. The maximum atomic E-state index is 13.0. The van der Waals surface area contributed by atoms with Crippen LogP contribution in [0.1, 0.15) is 18.4 Å². The molecule has 0 radical (unpaired) electrons. The number of benzene rings is 1. The number of amides is 1. The number of piperidine rings is 1. The second-order valence-corrected chi connectivity index (χ2v) is 9.44. The Bertz CT molecular complexity index is 1370. The molecule has 10 nitrogen and oxygen atoms in total. The number of aromatic amines is 2. The highest BCUT2D eigenvalue weighted by Crippen LogP contribution is 2.25. The molecule has 0 atom stereocenters. The van der Waals surface area contributed by atoms with Gasteiger partial charge in [-0.2, -0.15) is 4.31 Å². The van der Waals surface area contributed by atoms with E-state index in [4.69, 9.17) is 0 Å². The number of aryl methyl sites for hydroxylation is 1. The molecule has 0 unspecified atom stereocenters. The van der Waals surface area contributed by atoms with Gasteiger partial charge in [-0.15, -0.1) is 0 Å².